The quantitative estimate of drug-likeness (QED) is 0.711. The van der Waals surface area contributed by atoms with E-state index in [1.807, 2.05) is 12.2 Å². The molecular formula is C13H20O. The van der Waals surface area contributed by atoms with Gasteiger partial charge in [-0.3, -0.25) is 0 Å². The van der Waals surface area contributed by atoms with Crippen LogP contribution < -0.4 is 0 Å². The minimum absolute atomic E-state index is 0.350. The van der Waals surface area contributed by atoms with Crippen LogP contribution in [0.2, 0.25) is 0 Å². The lowest BCUT2D eigenvalue weighted by Gasteiger charge is -1.96. The van der Waals surface area contributed by atoms with Gasteiger partial charge in [0.1, 0.15) is 0 Å². The maximum atomic E-state index is 9.13. The summed E-state index contributed by atoms with van der Waals surface area (Å²) < 4.78 is 0. The molecule has 0 aromatic heterocycles. The highest BCUT2D eigenvalue weighted by Gasteiger charge is 1.93. The molecule has 0 aromatic carbocycles. The van der Waals surface area contributed by atoms with E-state index in [2.05, 4.69) is 18.2 Å². The van der Waals surface area contributed by atoms with E-state index in [0.29, 0.717) is 0 Å². The summed E-state index contributed by atoms with van der Waals surface area (Å²) in [5, 5.41) is 9.13. The van der Waals surface area contributed by atoms with Crippen molar-refractivity contribution < 1.29 is 5.11 Å². The third-order valence-corrected chi connectivity index (χ3v) is 2.33. The summed E-state index contributed by atoms with van der Waals surface area (Å²) in [5.41, 5.74) is 1.23. The lowest BCUT2D eigenvalue weighted by molar-refractivity contribution is 0.244. The van der Waals surface area contributed by atoms with Gasteiger partial charge in [0.05, 0.1) is 6.10 Å². The lowest BCUT2D eigenvalue weighted by atomic mass is 10.1. The van der Waals surface area contributed by atoms with Gasteiger partial charge in [0.25, 0.3) is 0 Å². The third-order valence-electron chi connectivity index (χ3n) is 2.33. The van der Waals surface area contributed by atoms with Crippen molar-refractivity contribution in [2.24, 2.45) is 0 Å². The van der Waals surface area contributed by atoms with Crippen molar-refractivity contribution in [2.75, 3.05) is 0 Å². The van der Waals surface area contributed by atoms with Crippen LogP contribution in [0.4, 0.5) is 0 Å². The van der Waals surface area contributed by atoms with Crippen molar-refractivity contribution in [3.05, 3.63) is 36.0 Å². The van der Waals surface area contributed by atoms with E-state index in [9.17, 15) is 0 Å². The summed E-state index contributed by atoms with van der Waals surface area (Å²) in [6.45, 7) is 1.77. The Morgan fingerprint density at radius 1 is 1.29 bits per heavy atom. The highest BCUT2D eigenvalue weighted by Crippen LogP contribution is 2.12. The molecule has 0 aliphatic heterocycles. The van der Waals surface area contributed by atoms with Crippen molar-refractivity contribution in [1.29, 1.82) is 0 Å². The van der Waals surface area contributed by atoms with Gasteiger partial charge in [-0.2, -0.15) is 0 Å². The van der Waals surface area contributed by atoms with E-state index < -0.39 is 0 Å². The molecule has 1 rings (SSSR count). The molecule has 1 nitrogen and oxygen atoms in total. The Labute approximate surface area is 86.8 Å². The predicted molar refractivity (Wildman–Crippen MR) is 61.1 cm³/mol. The summed E-state index contributed by atoms with van der Waals surface area (Å²) >= 11 is 0. The number of rotatable bonds is 2. The van der Waals surface area contributed by atoms with Gasteiger partial charge in [0.15, 0.2) is 0 Å². The Hall–Kier alpha value is -0.820. The van der Waals surface area contributed by atoms with Gasteiger partial charge in [-0.15, -0.1) is 0 Å². The predicted octanol–water partition coefficient (Wildman–Crippen LogP) is 3.37. The summed E-state index contributed by atoms with van der Waals surface area (Å²) in [7, 11) is 0. The fourth-order valence-electron chi connectivity index (χ4n) is 1.51. The maximum absolute atomic E-state index is 9.13. The van der Waals surface area contributed by atoms with Gasteiger partial charge in [-0.25, -0.2) is 0 Å². The highest BCUT2D eigenvalue weighted by atomic mass is 16.3. The zero-order chi connectivity index (χ0) is 10.2. The lowest BCUT2D eigenvalue weighted by Crippen LogP contribution is -1.91. The smallest absolute Gasteiger partial charge is 0.0696 e. The van der Waals surface area contributed by atoms with Crippen LogP contribution in [0.1, 0.15) is 39.0 Å². The van der Waals surface area contributed by atoms with Crippen molar-refractivity contribution in [1.82, 2.24) is 0 Å². The molecule has 0 saturated heterocycles. The molecule has 14 heavy (non-hydrogen) atoms. The molecule has 0 saturated carbocycles. The van der Waals surface area contributed by atoms with Gasteiger partial charge in [0.2, 0.25) is 0 Å². The SMILES string of the molecule is C[C@@H](O)/C=C/C1=C/CCCCC/C=C\1. The molecular weight excluding hydrogens is 172 g/mol. The Morgan fingerprint density at radius 2 is 2.07 bits per heavy atom. The number of aliphatic hydroxyl groups is 1. The van der Waals surface area contributed by atoms with Crippen LogP contribution in [-0.2, 0) is 0 Å². The third kappa shape index (κ3) is 5.03. The van der Waals surface area contributed by atoms with Crippen LogP contribution in [0, 0.1) is 0 Å². The van der Waals surface area contributed by atoms with Crippen molar-refractivity contribution >= 4 is 0 Å². The van der Waals surface area contributed by atoms with Crippen LogP contribution >= 0.6 is 0 Å². The second-order valence-corrected chi connectivity index (χ2v) is 3.84. The molecule has 0 fully saturated rings. The molecule has 0 heterocycles. The zero-order valence-electron chi connectivity index (χ0n) is 8.95. The molecule has 1 aliphatic rings. The summed E-state index contributed by atoms with van der Waals surface area (Å²) in [5.74, 6) is 0. The Morgan fingerprint density at radius 3 is 2.86 bits per heavy atom. The Bertz CT molecular complexity index is 234. The molecule has 1 heteroatoms. The first kappa shape index (κ1) is 11.3. The summed E-state index contributed by atoms with van der Waals surface area (Å²) in [6.07, 6.45) is 16.4. The minimum atomic E-state index is -0.350. The van der Waals surface area contributed by atoms with Crippen LogP contribution in [-0.4, -0.2) is 11.2 Å². The first-order valence-electron chi connectivity index (χ1n) is 5.52. The number of aliphatic hydroxyl groups excluding tert-OH is 1. The zero-order valence-corrected chi connectivity index (χ0v) is 8.95. The molecule has 0 aromatic rings. The minimum Gasteiger partial charge on any atom is -0.389 e. The Balaban J connectivity index is 2.57. The fraction of sp³-hybridized carbons (Fsp3) is 0.538. The Kier molecular flexibility index (Phi) is 5.31. The topological polar surface area (TPSA) is 20.2 Å². The second-order valence-electron chi connectivity index (χ2n) is 3.84. The molecule has 0 spiro atoms. The molecule has 1 aliphatic carbocycles. The van der Waals surface area contributed by atoms with Crippen LogP contribution in [0.15, 0.2) is 36.0 Å². The largest absolute Gasteiger partial charge is 0.389 e. The average Bonchev–Trinajstić information content (AvgIpc) is 2.27. The van der Waals surface area contributed by atoms with E-state index in [4.69, 9.17) is 5.11 Å². The molecule has 0 bridgehead atoms. The van der Waals surface area contributed by atoms with E-state index >= 15 is 0 Å². The van der Waals surface area contributed by atoms with Crippen LogP contribution in [0.5, 0.6) is 0 Å². The normalized spacial score (nSPS) is 27.1. The summed E-state index contributed by atoms with van der Waals surface area (Å²) in [4.78, 5) is 0. The van der Waals surface area contributed by atoms with Crippen LogP contribution in [0.25, 0.3) is 0 Å². The second kappa shape index (κ2) is 6.61. The van der Waals surface area contributed by atoms with E-state index in [1.54, 1.807) is 6.92 Å². The van der Waals surface area contributed by atoms with Crippen molar-refractivity contribution in [2.45, 2.75) is 45.1 Å². The molecule has 78 valence electrons. The van der Waals surface area contributed by atoms with Crippen molar-refractivity contribution in [3.63, 3.8) is 0 Å². The number of hydrogen-bond acceptors (Lipinski definition) is 1. The highest BCUT2D eigenvalue weighted by molar-refractivity contribution is 5.31. The molecule has 0 radical (unpaired) electrons. The maximum Gasteiger partial charge on any atom is 0.0696 e. The fourth-order valence-corrected chi connectivity index (χ4v) is 1.51. The monoisotopic (exact) mass is 192 g/mol. The molecule has 0 unspecified atom stereocenters. The van der Waals surface area contributed by atoms with Gasteiger partial charge >= 0.3 is 0 Å². The molecule has 1 N–H and O–H groups in total. The summed E-state index contributed by atoms with van der Waals surface area (Å²) in [6, 6.07) is 0. The average molecular weight is 192 g/mol. The van der Waals surface area contributed by atoms with Gasteiger partial charge in [0, 0.05) is 0 Å². The van der Waals surface area contributed by atoms with Crippen LogP contribution in [0.3, 0.4) is 0 Å². The van der Waals surface area contributed by atoms with Gasteiger partial charge < -0.3 is 5.11 Å². The van der Waals surface area contributed by atoms with Gasteiger partial charge in [-0.05, 0) is 38.2 Å². The van der Waals surface area contributed by atoms with E-state index in [1.165, 1.54) is 31.3 Å². The standard InChI is InChI=1S/C13H20O/c1-12(14)10-11-13-8-6-4-2-3-5-7-9-13/h6,8-12,14H,2-5,7H2,1H3/b8-6-,11-10+,13-9+/t12-/m1/s1. The van der Waals surface area contributed by atoms with E-state index in [-0.39, 0.29) is 6.10 Å². The number of hydrogen-bond donors (Lipinski definition) is 1. The van der Waals surface area contributed by atoms with Gasteiger partial charge in [-0.1, -0.05) is 36.8 Å². The number of allylic oxidation sites excluding steroid dienone is 5. The first-order valence-corrected chi connectivity index (χ1v) is 5.52. The first-order chi connectivity index (χ1) is 6.79. The molecule has 0 amide bonds. The van der Waals surface area contributed by atoms with E-state index in [0.717, 1.165) is 6.42 Å². The van der Waals surface area contributed by atoms with Crippen molar-refractivity contribution in [3.8, 4) is 0 Å². The molecule has 1 atom stereocenters.